The highest BCUT2D eigenvalue weighted by molar-refractivity contribution is 7.14. The highest BCUT2D eigenvalue weighted by Crippen LogP contribution is 2.30. The zero-order valence-corrected chi connectivity index (χ0v) is 15.4. The van der Waals surface area contributed by atoms with Crippen LogP contribution in [0.4, 0.5) is 0 Å². The van der Waals surface area contributed by atoms with Crippen molar-refractivity contribution in [1.29, 1.82) is 0 Å². The lowest BCUT2D eigenvalue weighted by atomic mass is 10.1. The molecular weight excluding hydrogens is 334 g/mol. The number of hydrogen-bond acceptors (Lipinski definition) is 4. The van der Waals surface area contributed by atoms with Gasteiger partial charge in [-0.15, -0.1) is 11.3 Å². The quantitative estimate of drug-likeness (QED) is 0.799. The van der Waals surface area contributed by atoms with Crippen LogP contribution in [0.2, 0.25) is 0 Å². The lowest BCUT2D eigenvalue weighted by Crippen LogP contribution is -2.31. The maximum absolute atomic E-state index is 12.1. The number of esters is 1. The second-order valence-electron chi connectivity index (χ2n) is 6.37. The van der Waals surface area contributed by atoms with Gasteiger partial charge in [-0.05, 0) is 55.4 Å². The Balaban J connectivity index is 1.48. The summed E-state index contributed by atoms with van der Waals surface area (Å²) in [5, 5.41) is 2.87. The molecule has 1 aromatic carbocycles. The summed E-state index contributed by atoms with van der Waals surface area (Å²) in [7, 11) is 0. The molecule has 2 aromatic rings. The van der Waals surface area contributed by atoms with Crippen LogP contribution in [-0.4, -0.2) is 18.5 Å². The van der Waals surface area contributed by atoms with Crippen molar-refractivity contribution in [3.8, 4) is 0 Å². The second kappa shape index (κ2) is 7.83. The number of rotatable bonds is 6. The predicted octanol–water partition coefficient (Wildman–Crippen LogP) is 3.83. The molecule has 0 saturated heterocycles. The Morgan fingerprint density at radius 2 is 2.00 bits per heavy atom. The van der Waals surface area contributed by atoms with Crippen molar-refractivity contribution in [2.24, 2.45) is 0 Å². The van der Waals surface area contributed by atoms with E-state index in [1.807, 2.05) is 25.1 Å². The number of carbonyl (C=O) groups excluding carboxylic acids is 2. The summed E-state index contributed by atoms with van der Waals surface area (Å²) in [5.74, 6) is -0.695. The van der Waals surface area contributed by atoms with E-state index in [1.165, 1.54) is 27.3 Å². The Morgan fingerprint density at radius 3 is 2.68 bits per heavy atom. The molecule has 0 spiro atoms. The zero-order chi connectivity index (χ0) is 17.8. The summed E-state index contributed by atoms with van der Waals surface area (Å²) in [6, 6.07) is 9.95. The van der Waals surface area contributed by atoms with Crippen molar-refractivity contribution in [3.05, 3.63) is 56.8 Å². The molecule has 1 aliphatic carbocycles. The van der Waals surface area contributed by atoms with Gasteiger partial charge in [-0.3, -0.25) is 4.79 Å². The van der Waals surface area contributed by atoms with Crippen LogP contribution in [-0.2, 0) is 28.8 Å². The molecule has 5 heteroatoms. The first-order chi connectivity index (χ1) is 12.1. The normalized spacial score (nSPS) is 14.0. The first kappa shape index (κ1) is 17.7. The fraction of sp³-hybridized carbons (Fsp3) is 0.400. The van der Waals surface area contributed by atoms with Crippen molar-refractivity contribution < 1.29 is 14.3 Å². The van der Waals surface area contributed by atoms with Crippen LogP contribution in [0.25, 0.3) is 0 Å². The van der Waals surface area contributed by atoms with Gasteiger partial charge >= 0.3 is 5.97 Å². The SMILES string of the molecule is CCc1ccc([C@@H](C)NC(=O)COC(=O)c2cc3c(s2)CCC3)cc1. The molecule has 0 unspecified atom stereocenters. The zero-order valence-electron chi connectivity index (χ0n) is 14.6. The van der Waals surface area contributed by atoms with Crippen LogP contribution < -0.4 is 5.32 Å². The van der Waals surface area contributed by atoms with Crippen molar-refractivity contribution >= 4 is 23.2 Å². The largest absolute Gasteiger partial charge is 0.451 e. The molecule has 0 radical (unpaired) electrons. The maximum Gasteiger partial charge on any atom is 0.348 e. The van der Waals surface area contributed by atoms with Gasteiger partial charge in [0.05, 0.1) is 6.04 Å². The molecule has 132 valence electrons. The Kier molecular flexibility index (Phi) is 5.53. The van der Waals surface area contributed by atoms with Crippen molar-refractivity contribution in [3.63, 3.8) is 0 Å². The summed E-state index contributed by atoms with van der Waals surface area (Å²) in [4.78, 5) is 26.0. The van der Waals surface area contributed by atoms with Crippen LogP contribution in [0.5, 0.6) is 0 Å². The third-order valence-corrected chi connectivity index (χ3v) is 5.76. The van der Waals surface area contributed by atoms with Crippen LogP contribution in [0.15, 0.2) is 30.3 Å². The van der Waals surface area contributed by atoms with Crippen LogP contribution in [0.3, 0.4) is 0 Å². The molecule has 3 rings (SSSR count). The minimum Gasteiger partial charge on any atom is -0.451 e. The van der Waals surface area contributed by atoms with Crippen molar-refractivity contribution in [2.45, 2.75) is 45.6 Å². The van der Waals surface area contributed by atoms with Gasteiger partial charge in [0.2, 0.25) is 0 Å². The van der Waals surface area contributed by atoms with Gasteiger partial charge in [0.15, 0.2) is 6.61 Å². The smallest absolute Gasteiger partial charge is 0.348 e. The van der Waals surface area contributed by atoms with Gasteiger partial charge in [0, 0.05) is 4.88 Å². The molecule has 0 aliphatic heterocycles. The van der Waals surface area contributed by atoms with Gasteiger partial charge in [0.1, 0.15) is 4.88 Å². The number of ether oxygens (including phenoxy) is 1. The first-order valence-electron chi connectivity index (χ1n) is 8.73. The number of hydrogen-bond donors (Lipinski definition) is 1. The lowest BCUT2D eigenvalue weighted by Gasteiger charge is -2.14. The molecule has 1 N–H and O–H groups in total. The minimum atomic E-state index is -0.408. The van der Waals surface area contributed by atoms with E-state index in [2.05, 4.69) is 24.4 Å². The van der Waals surface area contributed by atoms with Crippen LogP contribution in [0, 0.1) is 0 Å². The summed E-state index contributed by atoms with van der Waals surface area (Å²) in [5.41, 5.74) is 3.55. The standard InChI is InChI=1S/C20H23NO3S/c1-3-14-7-9-15(10-8-14)13(2)21-19(22)12-24-20(23)18-11-16-5-4-6-17(16)25-18/h7-11,13H,3-6,12H2,1-2H3,(H,21,22)/t13-/m1/s1. The van der Waals surface area contributed by atoms with E-state index in [9.17, 15) is 9.59 Å². The van der Waals surface area contributed by atoms with Gasteiger partial charge in [-0.1, -0.05) is 31.2 Å². The molecule has 0 fully saturated rings. The topological polar surface area (TPSA) is 55.4 Å². The van der Waals surface area contributed by atoms with E-state index in [0.29, 0.717) is 4.88 Å². The Labute approximate surface area is 152 Å². The minimum absolute atomic E-state index is 0.123. The highest BCUT2D eigenvalue weighted by atomic mass is 32.1. The number of carbonyl (C=O) groups is 2. The van der Waals surface area contributed by atoms with Crippen molar-refractivity contribution in [2.75, 3.05) is 6.61 Å². The Hall–Kier alpha value is -2.14. The molecular formula is C20H23NO3S. The Bertz CT molecular complexity index is 742. The molecule has 0 saturated carbocycles. The van der Waals surface area contributed by atoms with Crippen molar-refractivity contribution in [1.82, 2.24) is 5.32 Å². The van der Waals surface area contributed by atoms with Crippen LogP contribution in [0.1, 0.15) is 57.5 Å². The van der Waals surface area contributed by atoms with E-state index in [0.717, 1.165) is 31.2 Å². The molecule has 0 bridgehead atoms. The number of nitrogens with one attached hydrogen (secondary N) is 1. The third-order valence-electron chi connectivity index (χ3n) is 4.55. The molecule has 1 atom stereocenters. The molecule has 25 heavy (non-hydrogen) atoms. The number of benzene rings is 1. The highest BCUT2D eigenvalue weighted by Gasteiger charge is 2.20. The van der Waals surface area contributed by atoms with E-state index >= 15 is 0 Å². The fourth-order valence-electron chi connectivity index (χ4n) is 3.04. The summed E-state index contributed by atoms with van der Waals surface area (Å²) in [6.45, 7) is 3.78. The van der Waals surface area contributed by atoms with Gasteiger partial charge in [-0.2, -0.15) is 0 Å². The molecule has 1 aromatic heterocycles. The van der Waals surface area contributed by atoms with E-state index in [4.69, 9.17) is 4.74 Å². The monoisotopic (exact) mass is 357 g/mol. The van der Waals surface area contributed by atoms with Gasteiger partial charge in [-0.25, -0.2) is 4.79 Å². The number of thiophene rings is 1. The molecule has 1 amide bonds. The number of aryl methyl sites for hydroxylation is 3. The van der Waals surface area contributed by atoms with E-state index < -0.39 is 5.97 Å². The van der Waals surface area contributed by atoms with Gasteiger partial charge < -0.3 is 10.1 Å². The average Bonchev–Trinajstić information content (AvgIpc) is 3.21. The molecule has 1 heterocycles. The molecule has 4 nitrogen and oxygen atoms in total. The summed E-state index contributed by atoms with van der Waals surface area (Å²) >= 11 is 1.49. The second-order valence-corrected chi connectivity index (χ2v) is 7.51. The third kappa shape index (κ3) is 4.28. The number of fused-ring (bicyclic) bond motifs is 1. The van der Waals surface area contributed by atoms with E-state index in [1.54, 1.807) is 0 Å². The van der Waals surface area contributed by atoms with Gasteiger partial charge in [0.25, 0.3) is 5.91 Å². The first-order valence-corrected chi connectivity index (χ1v) is 9.55. The predicted molar refractivity (Wildman–Crippen MR) is 99.0 cm³/mol. The average molecular weight is 357 g/mol. The Morgan fingerprint density at radius 1 is 1.24 bits per heavy atom. The summed E-state index contributed by atoms with van der Waals surface area (Å²) < 4.78 is 5.16. The lowest BCUT2D eigenvalue weighted by molar-refractivity contribution is -0.124. The van der Waals surface area contributed by atoms with Crippen LogP contribution >= 0.6 is 11.3 Å². The maximum atomic E-state index is 12.1. The molecule has 1 aliphatic rings. The summed E-state index contributed by atoms with van der Waals surface area (Å²) in [6.07, 6.45) is 4.23. The van der Waals surface area contributed by atoms with E-state index in [-0.39, 0.29) is 18.6 Å². The number of amides is 1. The fourth-order valence-corrected chi connectivity index (χ4v) is 4.19.